The number of carbonyl (C=O) groups is 4. The van der Waals surface area contributed by atoms with Gasteiger partial charge in [0, 0.05) is 15.6 Å². The average molecular weight is 434 g/mol. The molecule has 9 heteroatoms. The number of carbonyl (C=O) groups excluding carboxylic acids is 4. The third-order valence-corrected chi connectivity index (χ3v) is 3.74. The molecule has 2 aromatic rings. The van der Waals surface area contributed by atoms with Crippen LogP contribution in [0.3, 0.4) is 0 Å². The largest absolute Gasteiger partial charge is 0.454 e. The van der Waals surface area contributed by atoms with Crippen molar-refractivity contribution in [3.8, 4) is 0 Å². The van der Waals surface area contributed by atoms with E-state index in [1.165, 1.54) is 0 Å². The fourth-order valence-corrected chi connectivity index (χ4v) is 2.14. The maximum atomic E-state index is 11.8. The van der Waals surface area contributed by atoms with Gasteiger partial charge in [0.1, 0.15) is 6.54 Å². The van der Waals surface area contributed by atoms with E-state index in [0.717, 1.165) is 4.47 Å². The van der Waals surface area contributed by atoms with Gasteiger partial charge in [0.25, 0.3) is 17.7 Å². The average Bonchev–Trinajstić information content (AvgIpc) is 2.69. The molecule has 0 atom stereocenters. The summed E-state index contributed by atoms with van der Waals surface area (Å²) in [5.41, 5.74) is 5.07. The van der Waals surface area contributed by atoms with Crippen molar-refractivity contribution in [1.29, 1.82) is 0 Å². The number of hydrogen-bond donors (Lipinski definition) is 3. The number of rotatable bonds is 6. The molecule has 0 aliphatic carbocycles. The summed E-state index contributed by atoms with van der Waals surface area (Å²) in [5.74, 6) is -2.45. The van der Waals surface area contributed by atoms with E-state index in [0.29, 0.717) is 11.1 Å². The Kier molecular flexibility index (Phi) is 7.50. The molecule has 3 N–H and O–H groups in total. The Bertz CT molecular complexity index is 825. The molecule has 0 aliphatic heterocycles. The minimum Gasteiger partial charge on any atom is -0.454 e. The topological polar surface area (TPSA) is 114 Å². The zero-order valence-electron chi connectivity index (χ0n) is 14.0. The summed E-state index contributed by atoms with van der Waals surface area (Å²) < 4.78 is 5.55. The zero-order chi connectivity index (χ0) is 19.6. The summed E-state index contributed by atoms with van der Waals surface area (Å²) in [6.45, 7) is -0.986. The molecule has 0 fully saturated rings. The highest BCUT2D eigenvalue weighted by atomic mass is 79.9. The van der Waals surface area contributed by atoms with Crippen LogP contribution in [0.25, 0.3) is 0 Å². The lowest BCUT2D eigenvalue weighted by molar-refractivity contribution is -0.147. The van der Waals surface area contributed by atoms with Gasteiger partial charge in [-0.15, -0.1) is 0 Å². The van der Waals surface area contributed by atoms with Gasteiger partial charge in [0.2, 0.25) is 0 Å². The highest BCUT2D eigenvalue weighted by Crippen LogP contribution is 2.10. The van der Waals surface area contributed by atoms with Crippen LogP contribution in [-0.2, 0) is 14.3 Å². The van der Waals surface area contributed by atoms with Gasteiger partial charge in [-0.25, -0.2) is 0 Å². The second kappa shape index (κ2) is 10.1. The number of esters is 1. The van der Waals surface area contributed by atoms with E-state index in [1.54, 1.807) is 54.6 Å². The Labute approximate surface area is 163 Å². The minimum atomic E-state index is -0.787. The van der Waals surface area contributed by atoms with E-state index in [9.17, 15) is 19.2 Å². The number of halogens is 1. The molecule has 8 nitrogen and oxygen atoms in total. The standard InChI is InChI=1S/C18H16BrN3O5/c19-14-8-6-13(7-9-14)17(25)20-10-16(24)27-11-15(23)21-22-18(26)12-4-2-1-3-5-12/h1-9H,10-11H2,(H,20,25)(H,21,23)(H,22,26). The van der Waals surface area contributed by atoms with Crippen LogP contribution in [0, 0.1) is 0 Å². The molecule has 2 rings (SSSR count). The third kappa shape index (κ3) is 6.90. The van der Waals surface area contributed by atoms with Crippen LogP contribution in [0.4, 0.5) is 0 Å². The molecule has 140 valence electrons. The van der Waals surface area contributed by atoms with Crippen LogP contribution in [0.15, 0.2) is 59.1 Å². The van der Waals surface area contributed by atoms with Crippen LogP contribution < -0.4 is 16.2 Å². The number of ether oxygens (including phenoxy) is 1. The predicted molar refractivity (Wildman–Crippen MR) is 99.5 cm³/mol. The Balaban J connectivity index is 1.66. The molecule has 0 saturated heterocycles. The molecule has 0 aromatic heterocycles. The quantitative estimate of drug-likeness (QED) is 0.467. The molecule has 27 heavy (non-hydrogen) atoms. The van der Waals surface area contributed by atoms with Crippen LogP contribution in [0.2, 0.25) is 0 Å². The molecule has 0 saturated carbocycles. The van der Waals surface area contributed by atoms with Gasteiger partial charge in [-0.2, -0.15) is 0 Å². The Morgan fingerprint density at radius 1 is 0.815 bits per heavy atom. The van der Waals surface area contributed by atoms with E-state index in [4.69, 9.17) is 4.74 Å². The SMILES string of the molecule is O=C(COC(=O)CNC(=O)c1ccc(Br)cc1)NNC(=O)c1ccccc1. The highest BCUT2D eigenvalue weighted by Gasteiger charge is 2.11. The lowest BCUT2D eigenvalue weighted by Crippen LogP contribution is -2.44. The third-order valence-electron chi connectivity index (χ3n) is 3.22. The smallest absolute Gasteiger partial charge is 0.325 e. The first-order chi connectivity index (χ1) is 13.0. The fraction of sp³-hybridized carbons (Fsp3) is 0.111. The van der Waals surface area contributed by atoms with Crippen LogP contribution in [-0.4, -0.2) is 36.8 Å². The van der Waals surface area contributed by atoms with Gasteiger partial charge in [0.05, 0.1) is 0 Å². The normalized spacial score (nSPS) is 9.81. The lowest BCUT2D eigenvalue weighted by Gasteiger charge is -2.09. The first kappa shape index (κ1) is 20.1. The lowest BCUT2D eigenvalue weighted by atomic mass is 10.2. The minimum absolute atomic E-state index is 0.366. The van der Waals surface area contributed by atoms with Crippen molar-refractivity contribution in [2.45, 2.75) is 0 Å². The summed E-state index contributed by atoms with van der Waals surface area (Å²) in [7, 11) is 0. The molecule has 0 aliphatic rings. The summed E-state index contributed by atoms with van der Waals surface area (Å²) in [5, 5.41) is 2.38. The van der Waals surface area contributed by atoms with Gasteiger partial charge < -0.3 is 10.1 Å². The van der Waals surface area contributed by atoms with Crippen molar-refractivity contribution in [3.05, 3.63) is 70.2 Å². The van der Waals surface area contributed by atoms with Crippen LogP contribution >= 0.6 is 15.9 Å². The van der Waals surface area contributed by atoms with Gasteiger partial charge in [-0.05, 0) is 36.4 Å². The van der Waals surface area contributed by atoms with Crippen LogP contribution in [0.5, 0.6) is 0 Å². The molecule has 0 spiro atoms. The summed E-state index contributed by atoms with van der Waals surface area (Å²) >= 11 is 3.26. The van der Waals surface area contributed by atoms with E-state index in [2.05, 4.69) is 32.1 Å². The molecule has 0 unspecified atom stereocenters. The van der Waals surface area contributed by atoms with E-state index < -0.39 is 36.8 Å². The molecule has 3 amide bonds. The molecule has 0 heterocycles. The maximum Gasteiger partial charge on any atom is 0.325 e. The predicted octanol–water partition coefficient (Wildman–Crippen LogP) is 1.18. The van der Waals surface area contributed by atoms with Crippen molar-refractivity contribution in [3.63, 3.8) is 0 Å². The van der Waals surface area contributed by atoms with Crippen molar-refractivity contribution in [2.24, 2.45) is 0 Å². The first-order valence-corrected chi connectivity index (χ1v) is 8.58. The van der Waals surface area contributed by atoms with Crippen molar-refractivity contribution < 1.29 is 23.9 Å². The molecule has 2 aromatic carbocycles. The van der Waals surface area contributed by atoms with Gasteiger partial charge >= 0.3 is 5.97 Å². The Hall–Kier alpha value is -3.20. The zero-order valence-corrected chi connectivity index (χ0v) is 15.6. The van der Waals surface area contributed by atoms with Gasteiger partial charge in [0.15, 0.2) is 6.61 Å². The number of amides is 3. The van der Waals surface area contributed by atoms with Crippen molar-refractivity contribution >= 4 is 39.6 Å². The Morgan fingerprint density at radius 3 is 2.11 bits per heavy atom. The van der Waals surface area contributed by atoms with E-state index in [1.807, 2.05) is 0 Å². The molecule has 0 radical (unpaired) electrons. The highest BCUT2D eigenvalue weighted by molar-refractivity contribution is 9.10. The number of hydrogen-bond acceptors (Lipinski definition) is 5. The second-order valence-corrected chi connectivity index (χ2v) is 6.13. The Morgan fingerprint density at radius 2 is 1.44 bits per heavy atom. The summed E-state index contributed by atoms with van der Waals surface area (Å²) in [6.07, 6.45) is 0. The fourth-order valence-electron chi connectivity index (χ4n) is 1.88. The van der Waals surface area contributed by atoms with E-state index >= 15 is 0 Å². The van der Waals surface area contributed by atoms with Gasteiger partial charge in [-0.1, -0.05) is 34.1 Å². The molecular formula is C18H16BrN3O5. The monoisotopic (exact) mass is 433 g/mol. The summed E-state index contributed by atoms with van der Waals surface area (Å²) in [6, 6.07) is 14.8. The number of nitrogens with one attached hydrogen (secondary N) is 3. The molecular weight excluding hydrogens is 418 g/mol. The van der Waals surface area contributed by atoms with E-state index in [-0.39, 0.29) is 0 Å². The maximum absolute atomic E-state index is 11.8. The van der Waals surface area contributed by atoms with Crippen LogP contribution in [0.1, 0.15) is 20.7 Å². The first-order valence-electron chi connectivity index (χ1n) is 7.79. The number of benzene rings is 2. The van der Waals surface area contributed by atoms with Crippen molar-refractivity contribution in [2.75, 3.05) is 13.2 Å². The molecule has 0 bridgehead atoms. The van der Waals surface area contributed by atoms with Gasteiger partial charge in [-0.3, -0.25) is 30.0 Å². The van der Waals surface area contributed by atoms with Crippen molar-refractivity contribution in [1.82, 2.24) is 16.2 Å². The number of hydrazine groups is 1. The second-order valence-electron chi connectivity index (χ2n) is 5.22. The summed E-state index contributed by atoms with van der Waals surface area (Å²) in [4.78, 5) is 46.8.